The van der Waals surface area contributed by atoms with Gasteiger partial charge in [0.05, 0.1) is 6.61 Å². The van der Waals surface area contributed by atoms with Crippen LogP contribution in [-0.2, 0) is 4.43 Å². The topological polar surface area (TPSA) is 29.5 Å². The van der Waals surface area contributed by atoms with Crippen LogP contribution in [0, 0.1) is 0 Å². The summed E-state index contributed by atoms with van der Waals surface area (Å²) in [6.45, 7) is 15.5. The van der Waals surface area contributed by atoms with Crippen molar-refractivity contribution in [1.82, 2.24) is 0 Å². The second-order valence-electron chi connectivity index (χ2n) is 6.76. The molecule has 0 bridgehead atoms. The van der Waals surface area contributed by atoms with E-state index in [1.54, 1.807) is 0 Å². The Labute approximate surface area is 120 Å². The lowest BCUT2D eigenvalue weighted by atomic mass is 10.2. The Morgan fingerprint density at radius 3 is 2.42 bits per heavy atom. The van der Waals surface area contributed by atoms with E-state index < -0.39 is 14.4 Å². The largest absolute Gasteiger partial charge is 0.414 e. The predicted octanol–water partition coefficient (Wildman–Crippen LogP) is 4.66. The Bertz CT molecular complexity index is 320. The molecule has 1 N–H and O–H groups in total. The Balaban J connectivity index is 4.39. The molecule has 0 unspecified atom stereocenters. The van der Waals surface area contributed by atoms with Crippen molar-refractivity contribution in [2.75, 3.05) is 6.61 Å². The van der Waals surface area contributed by atoms with Gasteiger partial charge >= 0.3 is 0 Å². The highest BCUT2D eigenvalue weighted by molar-refractivity contribution is 6.74. The molecule has 1 atom stereocenters. The molecule has 0 saturated carbocycles. The molecule has 0 amide bonds. The highest BCUT2D eigenvalue weighted by Gasteiger charge is 2.37. The first kappa shape index (κ1) is 18.7. The summed E-state index contributed by atoms with van der Waals surface area (Å²) in [6.07, 6.45) is 4.88. The van der Waals surface area contributed by atoms with Crippen LogP contribution >= 0.6 is 0 Å². The van der Waals surface area contributed by atoms with Crippen molar-refractivity contribution in [2.45, 2.75) is 78.1 Å². The van der Waals surface area contributed by atoms with Gasteiger partial charge in [-0.25, -0.2) is 0 Å². The van der Waals surface area contributed by atoms with Crippen molar-refractivity contribution in [3.05, 3.63) is 17.4 Å². The molecule has 19 heavy (non-hydrogen) atoms. The van der Waals surface area contributed by atoms with E-state index in [0.717, 1.165) is 12.0 Å². The molecule has 0 fully saturated rings. The van der Waals surface area contributed by atoms with Gasteiger partial charge in [-0.15, -0.1) is 5.73 Å². The van der Waals surface area contributed by atoms with Crippen molar-refractivity contribution in [3.63, 3.8) is 0 Å². The Morgan fingerprint density at radius 1 is 1.37 bits per heavy atom. The third-order valence-electron chi connectivity index (χ3n) is 3.94. The minimum Gasteiger partial charge on any atom is -0.414 e. The van der Waals surface area contributed by atoms with Crippen LogP contribution in [0.2, 0.25) is 18.1 Å². The molecular formula is C16H32O2Si. The summed E-state index contributed by atoms with van der Waals surface area (Å²) in [5.74, 6) is 0. The van der Waals surface area contributed by atoms with Crippen LogP contribution in [0.25, 0.3) is 0 Å². The predicted molar refractivity (Wildman–Crippen MR) is 86.0 cm³/mol. The second-order valence-corrected chi connectivity index (χ2v) is 11.6. The number of unbranched alkanes of at least 4 members (excludes halogenated alkanes) is 2. The quantitative estimate of drug-likeness (QED) is 0.418. The van der Waals surface area contributed by atoms with Gasteiger partial charge in [-0.2, -0.15) is 0 Å². The van der Waals surface area contributed by atoms with E-state index in [1.165, 1.54) is 12.8 Å². The van der Waals surface area contributed by atoms with Crippen molar-refractivity contribution in [3.8, 4) is 0 Å². The van der Waals surface area contributed by atoms with Crippen LogP contribution in [0.15, 0.2) is 17.4 Å². The van der Waals surface area contributed by atoms with Gasteiger partial charge in [-0.1, -0.05) is 34.1 Å². The van der Waals surface area contributed by atoms with Gasteiger partial charge in [0.2, 0.25) is 0 Å². The van der Waals surface area contributed by atoms with Gasteiger partial charge in [-0.3, -0.25) is 0 Å². The zero-order valence-electron chi connectivity index (χ0n) is 13.8. The molecule has 3 heteroatoms. The molecule has 2 nitrogen and oxygen atoms in total. The van der Waals surface area contributed by atoms with E-state index in [2.05, 4.69) is 46.5 Å². The van der Waals surface area contributed by atoms with Gasteiger partial charge < -0.3 is 9.53 Å². The lowest BCUT2D eigenvalue weighted by Gasteiger charge is -2.36. The normalized spacial score (nSPS) is 13.9. The molecular weight excluding hydrogens is 252 g/mol. The number of rotatable bonds is 7. The fourth-order valence-corrected chi connectivity index (χ4v) is 2.27. The summed E-state index contributed by atoms with van der Waals surface area (Å²) in [5.41, 5.74) is 4.04. The molecule has 0 aromatic rings. The molecule has 0 aliphatic heterocycles. The zero-order chi connectivity index (χ0) is 15.1. The molecule has 0 rings (SSSR count). The maximum atomic E-state index is 10.1. The van der Waals surface area contributed by atoms with E-state index in [9.17, 15) is 5.11 Å². The molecule has 0 saturated heterocycles. The van der Waals surface area contributed by atoms with Gasteiger partial charge in [0, 0.05) is 0 Å². The van der Waals surface area contributed by atoms with Gasteiger partial charge in [0.1, 0.15) is 6.10 Å². The van der Waals surface area contributed by atoms with Crippen LogP contribution in [0.4, 0.5) is 0 Å². The Hall–Kier alpha value is -0.343. The molecule has 0 aliphatic rings. The van der Waals surface area contributed by atoms with E-state index in [1.807, 2.05) is 13.0 Å². The number of aliphatic hydroxyl groups is 1. The number of hydrogen-bond donors (Lipinski definition) is 1. The molecule has 0 aromatic carbocycles. The summed E-state index contributed by atoms with van der Waals surface area (Å²) in [4.78, 5) is 0. The van der Waals surface area contributed by atoms with Crippen molar-refractivity contribution >= 4 is 8.32 Å². The Kier molecular flexibility index (Phi) is 7.91. The molecule has 0 aliphatic carbocycles. The van der Waals surface area contributed by atoms with E-state index >= 15 is 0 Å². The van der Waals surface area contributed by atoms with Gasteiger partial charge in [0.15, 0.2) is 8.32 Å². The molecule has 112 valence electrons. The average molecular weight is 285 g/mol. The highest BCUT2D eigenvalue weighted by atomic mass is 28.4. The molecule has 0 spiro atoms. The lowest BCUT2D eigenvalue weighted by Crippen LogP contribution is -2.42. The third-order valence-corrected chi connectivity index (χ3v) is 8.44. The minimum absolute atomic E-state index is 0.182. The van der Waals surface area contributed by atoms with Crippen LogP contribution in [0.3, 0.4) is 0 Å². The van der Waals surface area contributed by atoms with Gasteiger partial charge in [-0.05, 0) is 49.5 Å². The molecule has 0 aromatic heterocycles. The third kappa shape index (κ3) is 7.12. The zero-order valence-corrected chi connectivity index (χ0v) is 14.8. The summed E-state index contributed by atoms with van der Waals surface area (Å²) >= 11 is 0. The molecule has 0 heterocycles. The van der Waals surface area contributed by atoms with E-state index in [4.69, 9.17) is 4.43 Å². The smallest absolute Gasteiger partial charge is 0.192 e. The SMILES string of the molecule is CCCCC=C=C(C)[C@@H](O)CO[Si](C)(C)C(C)(C)C. The first-order valence-corrected chi connectivity index (χ1v) is 10.3. The molecule has 0 radical (unpaired) electrons. The first-order valence-electron chi connectivity index (χ1n) is 7.35. The van der Waals surface area contributed by atoms with Gasteiger partial charge in [0.25, 0.3) is 0 Å². The van der Waals surface area contributed by atoms with Crippen LogP contribution in [0.5, 0.6) is 0 Å². The number of aliphatic hydroxyl groups excluding tert-OH is 1. The summed E-state index contributed by atoms with van der Waals surface area (Å²) < 4.78 is 6.02. The van der Waals surface area contributed by atoms with Crippen LogP contribution in [-0.4, -0.2) is 26.1 Å². The maximum absolute atomic E-state index is 10.1. The van der Waals surface area contributed by atoms with Crippen molar-refractivity contribution in [2.24, 2.45) is 0 Å². The van der Waals surface area contributed by atoms with Crippen molar-refractivity contribution in [1.29, 1.82) is 0 Å². The fourth-order valence-electron chi connectivity index (χ4n) is 1.26. The summed E-state index contributed by atoms with van der Waals surface area (Å²) in [5, 5.41) is 10.3. The van der Waals surface area contributed by atoms with Crippen molar-refractivity contribution < 1.29 is 9.53 Å². The van der Waals surface area contributed by atoms with Crippen LogP contribution in [0.1, 0.15) is 53.9 Å². The summed E-state index contributed by atoms with van der Waals surface area (Å²) in [6, 6.07) is 0. The van der Waals surface area contributed by atoms with Crippen LogP contribution < -0.4 is 0 Å². The fraction of sp³-hybridized carbons (Fsp3) is 0.812. The Morgan fingerprint density at radius 2 is 1.95 bits per heavy atom. The van der Waals surface area contributed by atoms with E-state index in [0.29, 0.717) is 6.61 Å². The number of hydrogen-bond acceptors (Lipinski definition) is 2. The maximum Gasteiger partial charge on any atom is 0.192 e. The first-order chi connectivity index (χ1) is 8.62. The highest BCUT2D eigenvalue weighted by Crippen LogP contribution is 2.36. The minimum atomic E-state index is -1.77. The lowest BCUT2D eigenvalue weighted by molar-refractivity contribution is 0.127. The average Bonchev–Trinajstić information content (AvgIpc) is 2.30. The standard InChI is InChI=1S/C16H32O2Si/c1-8-9-10-11-12-14(2)15(17)13-18-19(6,7)16(3,4)5/h11,15,17H,8-10,13H2,1-7H3/t12?,15-/m0/s1. The van der Waals surface area contributed by atoms with E-state index in [-0.39, 0.29) is 5.04 Å². The second kappa shape index (κ2) is 8.06. The monoisotopic (exact) mass is 284 g/mol. The summed E-state index contributed by atoms with van der Waals surface area (Å²) in [7, 11) is -1.77.